The standard InChI is InChI=1S/C18H26N2O3/c1-3-17(21)19-10-12-20(13-11-19)18(22)9-6-14-23-16-8-5-4-7-15(16)2/h4-5,7-8H,3,6,9-14H2,1-2H3. The van der Waals surface area contributed by atoms with Crippen molar-refractivity contribution in [3.8, 4) is 5.75 Å². The van der Waals surface area contributed by atoms with Crippen molar-refractivity contribution in [2.45, 2.75) is 33.1 Å². The van der Waals surface area contributed by atoms with Crippen LogP contribution in [0.1, 0.15) is 31.7 Å². The Labute approximate surface area is 138 Å². The van der Waals surface area contributed by atoms with Gasteiger partial charge in [-0.3, -0.25) is 9.59 Å². The lowest BCUT2D eigenvalue weighted by Crippen LogP contribution is -2.50. The number of aryl methyl sites for hydroxylation is 1. The fourth-order valence-electron chi connectivity index (χ4n) is 2.71. The van der Waals surface area contributed by atoms with Crippen LogP contribution in [-0.4, -0.2) is 54.4 Å². The molecule has 2 amide bonds. The van der Waals surface area contributed by atoms with Crippen LogP contribution < -0.4 is 4.74 Å². The van der Waals surface area contributed by atoms with Crippen molar-refractivity contribution in [3.05, 3.63) is 29.8 Å². The van der Waals surface area contributed by atoms with E-state index in [2.05, 4.69) is 0 Å². The second kappa shape index (κ2) is 8.56. The van der Waals surface area contributed by atoms with Crippen molar-refractivity contribution in [2.24, 2.45) is 0 Å². The Morgan fingerprint density at radius 3 is 2.26 bits per heavy atom. The summed E-state index contributed by atoms with van der Waals surface area (Å²) in [5.41, 5.74) is 1.11. The first-order valence-corrected chi connectivity index (χ1v) is 8.35. The van der Waals surface area contributed by atoms with Crippen LogP contribution in [0.5, 0.6) is 5.75 Å². The molecule has 2 rings (SSSR count). The number of carbonyl (C=O) groups excluding carboxylic acids is 2. The third kappa shape index (κ3) is 4.98. The number of ether oxygens (including phenoxy) is 1. The molecule has 126 valence electrons. The predicted octanol–water partition coefficient (Wildman–Crippen LogP) is 2.23. The van der Waals surface area contributed by atoms with E-state index >= 15 is 0 Å². The Bertz CT molecular complexity index is 537. The predicted molar refractivity (Wildman–Crippen MR) is 89.4 cm³/mol. The van der Waals surface area contributed by atoms with Gasteiger partial charge in [-0.1, -0.05) is 25.1 Å². The molecule has 1 aliphatic rings. The van der Waals surface area contributed by atoms with Crippen LogP contribution in [0.4, 0.5) is 0 Å². The highest BCUT2D eigenvalue weighted by Gasteiger charge is 2.22. The van der Waals surface area contributed by atoms with Crippen LogP contribution in [0.3, 0.4) is 0 Å². The monoisotopic (exact) mass is 318 g/mol. The molecule has 0 radical (unpaired) electrons. The van der Waals surface area contributed by atoms with Gasteiger partial charge < -0.3 is 14.5 Å². The summed E-state index contributed by atoms with van der Waals surface area (Å²) >= 11 is 0. The van der Waals surface area contributed by atoms with Gasteiger partial charge in [0.05, 0.1) is 6.61 Å². The average Bonchev–Trinajstić information content (AvgIpc) is 2.59. The molecule has 0 unspecified atom stereocenters. The smallest absolute Gasteiger partial charge is 0.222 e. The van der Waals surface area contributed by atoms with Crippen molar-refractivity contribution >= 4 is 11.8 Å². The second-order valence-electron chi connectivity index (χ2n) is 5.83. The van der Waals surface area contributed by atoms with E-state index in [0.29, 0.717) is 52.0 Å². The van der Waals surface area contributed by atoms with E-state index in [1.807, 2.05) is 47.9 Å². The number of para-hydroxylation sites is 1. The van der Waals surface area contributed by atoms with Crippen LogP contribution in [0.2, 0.25) is 0 Å². The number of hydrogen-bond donors (Lipinski definition) is 0. The van der Waals surface area contributed by atoms with Crippen LogP contribution in [0, 0.1) is 6.92 Å². The summed E-state index contributed by atoms with van der Waals surface area (Å²) < 4.78 is 5.71. The molecule has 1 saturated heterocycles. The topological polar surface area (TPSA) is 49.9 Å². The summed E-state index contributed by atoms with van der Waals surface area (Å²) in [4.78, 5) is 27.5. The first kappa shape index (κ1) is 17.3. The van der Waals surface area contributed by atoms with Gasteiger partial charge in [0.2, 0.25) is 11.8 Å². The first-order valence-electron chi connectivity index (χ1n) is 8.35. The van der Waals surface area contributed by atoms with E-state index < -0.39 is 0 Å². The average molecular weight is 318 g/mol. The molecule has 0 aromatic heterocycles. The second-order valence-corrected chi connectivity index (χ2v) is 5.83. The number of piperazine rings is 1. The van der Waals surface area contributed by atoms with E-state index in [0.717, 1.165) is 11.3 Å². The molecule has 1 aromatic rings. The van der Waals surface area contributed by atoms with Crippen molar-refractivity contribution in [2.75, 3.05) is 32.8 Å². The largest absolute Gasteiger partial charge is 0.493 e. The zero-order valence-corrected chi connectivity index (χ0v) is 14.1. The number of hydrogen-bond acceptors (Lipinski definition) is 3. The normalized spacial score (nSPS) is 14.7. The highest BCUT2D eigenvalue weighted by molar-refractivity contribution is 5.78. The minimum absolute atomic E-state index is 0.155. The van der Waals surface area contributed by atoms with E-state index in [1.165, 1.54) is 0 Å². The van der Waals surface area contributed by atoms with Gasteiger partial charge in [0, 0.05) is 39.0 Å². The van der Waals surface area contributed by atoms with E-state index in [-0.39, 0.29) is 11.8 Å². The molecule has 0 bridgehead atoms. The van der Waals surface area contributed by atoms with Crippen LogP contribution in [0.15, 0.2) is 24.3 Å². The highest BCUT2D eigenvalue weighted by atomic mass is 16.5. The number of amides is 2. The number of nitrogens with zero attached hydrogens (tertiary/aromatic N) is 2. The molecular formula is C18H26N2O3. The van der Waals surface area contributed by atoms with E-state index in [1.54, 1.807) is 0 Å². The van der Waals surface area contributed by atoms with Gasteiger partial charge in [0.25, 0.3) is 0 Å². The summed E-state index contributed by atoms with van der Waals surface area (Å²) in [6, 6.07) is 7.89. The van der Waals surface area contributed by atoms with E-state index in [4.69, 9.17) is 4.74 Å². The summed E-state index contributed by atoms with van der Waals surface area (Å²) in [6.07, 6.45) is 1.74. The van der Waals surface area contributed by atoms with Crippen molar-refractivity contribution in [1.29, 1.82) is 0 Å². The molecule has 0 saturated carbocycles. The molecule has 5 nitrogen and oxygen atoms in total. The maximum absolute atomic E-state index is 12.2. The zero-order valence-electron chi connectivity index (χ0n) is 14.1. The van der Waals surface area contributed by atoms with Crippen molar-refractivity contribution < 1.29 is 14.3 Å². The minimum atomic E-state index is 0.155. The third-order valence-electron chi connectivity index (χ3n) is 4.17. The molecule has 23 heavy (non-hydrogen) atoms. The van der Waals surface area contributed by atoms with Gasteiger partial charge >= 0.3 is 0 Å². The van der Waals surface area contributed by atoms with Crippen LogP contribution >= 0.6 is 0 Å². The first-order chi connectivity index (χ1) is 11.1. The number of carbonyl (C=O) groups is 2. The van der Waals surface area contributed by atoms with Crippen molar-refractivity contribution in [3.63, 3.8) is 0 Å². The Balaban J connectivity index is 1.66. The molecule has 1 heterocycles. The Morgan fingerprint density at radius 1 is 1.04 bits per heavy atom. The summed E-state index contributed by atoms with van der Waals surface area (Å²) in [6.45, 7) is 7.01. The zero-order chi connectivity index (χ0) is 16.7. The van der Waals surface area contributed by atoms with Gasteiger partial charge in [0.1, 0.15) is 5.75 Å². The SMILES string of the molecule is CCC(=O)N1CCN(C(=O)CCCOc2ccccc2C)CC1. The Hall–Kier alpha value is -2.04. The van der Waals surface area contributed by atoms with Gasteiger partial charge in [-0.15, -0.1) is 0 Å². The summed E-state index contributed by atoms with van der Waals surface area (Å²) in [7, 11) is 0. The summed E-state index contributed by atoms with van der Waals surface area (Å²) in [5.74, 6) is 1.21. The third-order valence-corrected chi connectivity index (χ3v) is 4.17. The number of rotatable bonds is 6. The molecule has 0 atom stereocenters. The number of benzene rings is 1. The molecule has 0 N–H and O–H groups in total. The summed E-state index contributed by atoms with van der Waals surface area (Å²) in [5, 5.41) is 0. The maximum Gasteiger partial charge on any atom is 0.222 e. The van der Waals surface area contributed by atoms with Crippen LogP contribution in [-0.2, 0) is 9.59 Å². The molecular weight excluding hydrogens is 292 g/mol. The molecule has 1 fully saturated rings. The molecule has 5 heteroatoms. The fraction of sp³-hybridized carbons (Fsp3) is 0.556. The lowest BCUT2D eigenvalue weighted by Gasteiger charge is -2.34. The van der Waals surface area contributed by atoms with Crippen molar-refractivity contribution in [1.82, 2.24) is 9.80 Å². The van der Waals surface area contributed by atoms with Gasteiger partial charge in [0.15, 0.2) is 0 Å². The molecule has 1 aromatic carbocycles. The molecule has 0 spiro atoms. The minimum Gasteiger partial charge on any atom is -0.493 e. The quantitative estimate of drug-likeness (QED) is 0.756. The highest BCUT2D eigenvalue weighted by Crippen LogP contribution is 2.16. The lowest BCUT2D eigenvalue weighted by atomic mass is 10.2. The van der Waals surface area contributed by atoms with Gasteiger partial charge in [-0.25, -0.2) is 0 Å². The van der Waals surface area contributed by atoms with Gasteiger partial charge in [-0.2, -0.15) is 0 Å². The van der Waals surface area contributed by atoms with Crippen LogP contribution in [0.25, 0.3) is 0 Å². The Morgan fingerprint density at radius 2 is 1.65 bits per heavy atom. The molecule has 0 aliphatic carbocycles. The lowest BCUT2D eigenvalue weighted by molar-refractivity contribution is -0.139. The Kier molecular flexibility index (Phi) is 6.44. The van der Waals surface area contributed by atoms with E-state index in [9.17, 15) is 9.59 Å². The fourth-order valence-corrected chi connectivity index (χ4v) is 2.71. The van der Waals surface area contributed by atoms with Gasteiger partial charge in [-0.05, 0) is 25.0 Å². The molecule has 1 aliphatic heterocycles. The maximum atomic E-state index is 12.2.